The van der Waals surface area contributed by atoms with Crippen LogP contribution < -0.4 is 10.1 Å². The lowest BCUT2D eigenvalue weighted by atomic mass is 10.2. The molecule has 0 spiro atoms. The Morgan fingerprint density at radius 2 is 2.00 bits per heavy atom. The second-order valence-corrected chi connectivity index (χ2v) is 5.71. The van der Waals surface area contributed by atoms with E-state index in [1.54, 1.807) is 18.9 Å². The Labute approximate surface area is 126 Å². The van der Waals surface area contributed by atoms with E-state index in [4.69, 9.17) is 4.74 Å². The molecule has 0 aromatic heterocycles. The maximum absolute atomic E-state index is 5.25. The van der Waals surface area contributed by atoms with E-state index in [2.05, 4.69) is 45.7 Å². The molecule has 19 heavy (non-hydrogen) atoms. The number of methoxy groups -OCH3 is 1. The van der Waals surface area contributed by atoms with Crippen molar-refractivity contribution in [1.82, 2.24) is 0 Å². The van der Waals surface area contributed by atoms with Gasteiger partial charge in [0.2, 0.25) is 0 Å². The number of halogens is 1. The first-order chi connectivity index (χ1) is 9.24. The molecule has 2 rings (SSSR count). The van der Waals surface area contributed by atoms with E-state index in [9.17, 15) is 0 Å². The summed E-state index contributed by atoms with van der Waals surface area (Å²) in [6.45, 7) is 0.759. The van der Waals surface area contributed by atoms with Crippen molar-refractivity contribution in [3.63, 3.8) is 0 Å². The van der Waals surface area contributed by atoms with Gasteiger partial charge in [0.15, 0.2) is 0 Å². The molecule has 0 radical (unpaired) electrons. The molecule has 0 aliphatic rings. The van der Waals surface area contributed by atoms with E-state index in [1.807, 2.05) is 24.3 Å². The topological polar surface area (TPSA) is 21.3 Å². The lowest BCUT2D eigenvalue weighted by Crippen LogP contribution is -2.01. The minimum atomic E-state index is 0.759. The summed E-state index contributed by atoms with van der Waals surface area (Å²) in [5.74, 6) is 0.873. The summed E-state index contributed by atoms with van der Waals surface area (Å²) in [7, 11) is 1.68. The SMILES string of the molecule is COc1ccc(Br)c(CNc2ccccc2SC)c1. The van der Waals surface area contributed by atoms with Gasteiger partial charge in [0.05, 0.1) is 7.11 Å². The molecular formula is C15H16BrNOS. The monoisotopic (exact) mass is 337 g/mol. The number of rotatable bonds is 5. The molecule has 0 unspecified atom stereocenters. The molecule has 0 saturated carbocycles. The van der Waals surface area contributed by atoms with Gasteiger partial charge in [0, 0.05) is 21.6 Å². The molecule has 2 aromatic rings. The minimum absolute atomic E-state index is 0.759. The Bertz CT molecular complexity index is 560. The molecule has 0 heterocycles. The zero-order valence-corrected chi connectivity index (χ0v) is 13.3. The zero-order valence-electron chi connectivity index (χ0n) is 10.9. The summed E-state index contributed by atoms with van der Waals surface area (Å²) >= 11 is 5.31. The van der Waals surface area contributed by atoms with Crippen molar-refractivity contribution in [1.29, 1.82) is 0 Å². The van der Waals surface area contributed by atoms with Crippen molar-refractivity contribution >= 4 is 33.4 Å². The van der Waals surface area contributed by atoms with Crippen LogP contribution in [-0.2, 0) is 6.54 Å². The van der Waals surface area contributed by atoms with E-state index in [0.717, 1.165) is 22.5 Å². The molecule has 0 amide bonds. The zero-order chi connectivity index (χ0) is 13.7. The molecule has 4 heteroatoms. The van der Waals surface area contributed by atoms with Crippen molar-refractivity contribution < 1.29 is 4.74 Å². The normalized spacial score (nSPS) is 10.3. The summed E-state index contributed by atoms with van der Waals surface area (Å²) < 4.78 is 6.34. The maximum Gasteiger partial charge on any atom is 0.119 e. The van der Waals surface area contributed by atoms with E-state index < -0.39 is 0 Å². The largest absolute Gasteiger partial charge is 0.497 e. The van der Waals surface area contributed by atoms with Crippen LogP contribution in [0.1, 0.15) is 5.56 Å². The highest BCUT2D eigenvalue weighted by molar-refractivity contribution is 9.10. The highest BCUT2D eigenvalue weighted by Gasteiger charge is 2.04. The molecule has 1 N–H and O–H groups in total. The molecule has 2 nitrogen and oxygen atoms in total. The molecule has 0 aliphatic carbocycles. The van der Waals surface area contributed by atoms with Crippen LogP contribution in [0, 0.1) is 0 Å². The summed E-state index contributed by atoms with van der Waals surface area (Å²) in [6, 6.07) is 14.3. The maximum atomic E-state index is 5.25. The first kappa shape index (κ1) is 14.3. The van der Waals surface area contributed by atoms with Crippen LogP contribution in [0.25, 0.3) is 0 Å². The lowest BCUT2D eigenvalue weighted by molar-refractivity contribution is 0.414. The molecule has 0 fully saturated rings. The molecule has 0 atom stereocenters. The van der Waals surface area contributed by atoms with Crippen LogP contribution in [-0.4, -0.2) is 13.4 Å². The quantitative estimate of drug-likeness (QED) is 0.792. The van der Waals surface area contributed by atoms with Gasteiger partial charge in [-0.2, -0.15) is 0 Å². The molecule has 100 valence electrons. The van der Waals surface area contributed by atoms with Crippen molar-refractivity contribution in [2.24, 2.45) is 0 Å². The van der Waals surface area contributed by atoms with E-state index in [-0.39, 0.29) is 0 Å². The summed E-state index contributed by atoms with van der Waals surface area (Å²) in [5, 5.41) is 3.47. The van der Waals surface area contributed by atoms with Crippen molar-refractivity contribution in [2.45, 2.75) is 11.4 Å². The first-order valence-corrected chi connectivity index (χ1v) is 7.95. The third-order valence-electron chi connectivity index (χ3n) is 2.83. The van der Waals surface area contributed by atoms with Crippen molar-refractivity contribution in [3.05, 3.63) is 52.5 Å². The summed E-state index contributed by atoms with van der Waals surface area (Å²) in [4.78, 5) is 1.25. The fourth-order valence-electron chi connectivity index (χ4n) is 1.79. The molecule has 0 aliphatic heterocycles. The van der Waals surface area contributed by atoms with Gasteiger partial charge in [0.25, 0.3) is 0 Å². The number of ether oxygens (including phenoxy) is 1. The Morgan fingerprint density at radius 1 is 1.21 bits per heavy atom. The third kappa shape index (κ3) is 3.67. The van der Waals surface area contributed by atoms with Gasteiger partial charge in [-0.1, -0.05) is 28.1 Å². The second-order valence-electron chi connectivity index (χ2n) is 4.01. The van der Waals surface area contributed by atoms with Gasteiger partial charge >= 0.3 is 0 Å². The van der Waals surface area contributed by atoms with Crippen LogP contribution >= 0.6 is 27.7 Å². The molecule has 0 saturated heterocycles. The van der Waals surface area contributed by atoms with Crippen molar-refractivity contribution in [3.8, 4) is 5.75 Å². The van der Waals surface area contributed by atoms with E-state index in [0.29, 0.717) is 0 Å². The van der Waals surface area contributed by atoms with Gasteiger partial charge in [-0.3, -0.25) is 0 Å². The smallest absolute Gasteiger partial charge is 0.119 e. The van der Waals surface area contributed by atoms with Crippen molar-refractivity contribution in [2.75, 3.05) is 18.7 Å². The average Bonchev–Trinajstić information content (AvgIpc) is 2.46. The predicted octanol–water partition coefficient (Wildman–Crippen LogP) is 4.79. The standard InChI is InChI=1S/C15H16BrNOS/c1-18-12-7-8-13(16)11(9-12)10-17-14-5-3-4-6-15(14)19-2/h3-9,17H,10H2,1-2H3. The fourth-order valence-corrected chi connectivity index (χ4v) is 2.76. The Hall–Kier alpha value is -1.13. The average molecular weight is 338 g/mol. The van der Waals surface area contributed by atoms with E-state index in [1.165, 1.54) is 10.5 Å². The van der Waals surface area contributed by atoms with Gasteiger partial charge in [-0.25, -0.2) is 0 Å². The Morgan fingerprint density at radius 3 is 2.74 bits per heavy atom. The van der Waals surface area contributed by atoms with Crippen LogP contribution in [0.2, 0.25) is 0 Å². The highest BCUT2D eigenvalue weighted by Crippen LogP contribution is 2.27. The summed E-state index contributed by atoms with van der Waals surface area (Å²) in [5.41, 5.74) is 2.33. The number of anilines is 1. The predicted molar refractivity (Wildman–Crippen MR) is 86.2 cm³/mol. The number of thioether (sulfide) groups is 1. The van der Waals surface area contributed by atoms with Crippen LogP contribution in [0.3, 0.4) is 0 Å². The van der Waals surface area contributed by atoms with Gasteiger partial charge in [-0.15, -0.1) is 11.8 Å². The molecule has 0 bridgehead atoms. The second kappa shape index (κ2) is 6.87. The van der Waals surface area contributed by atoms with E-state index >= 15 is 0 Å². The number of hydrogen-bond acceptors (Lipinski definition) is 3. The third-order valence-corrected chi connectivity index (χ3v) is 4.40. The number of nitrogens with one attached hydrogen (secondary N) is 1. The number of para-hydroxylation sites is 1. The molecule has 2 aromatic carbocycles. The number of benzene rings is 2. The Balaban J connectivity index is 2.14. The summed E-state index contributed by atoms with van der Waals surface area (Å²) in [6.07, 6.45) is 2.09. The van der Waals surface area contributed by atoms with Gasteiger partial charge in [0.1, 0.15) is 5.75 Å². The number of hydrogen-bond donors (Lipinski definition) is 1. The van der Waals surface area contributed by atoms with Crippen LogP contribution in [0.5, 0.6) is 5.75 Å². The van der Waals surface area contributed by atoms with Crippen LogP contribution in [0.4, 0.5) is 5.69 Å². The minimum Gasteiger partial charge on any atom is -0.497 e. The Kier molecular flexibility index (Phi) is 5.16. The lowest BCUT2D eigenvalue weighted by Gasteiger charge is -2.12. The first-order valence-electron chi connectivity index (χ1n) is 5.94. The highest BCUT2D eigenvalue weighted by atomic mass is 79.9. The van der Waals surface area contributed by atoms with Gasteiger partial charge in [-0.05, 0) is 42.2 Å². The van der Waals surface area contributed by atoms with Gasteiger partial charge < -0.3 is 10.1 Å². The fraction of sp³-hybridized carbons (Fsp3) is 0.200. The molecular weight excluding hydrogens is 322 g/mol. The van der Waals surface area contributed by atoms with Crippen LogP contribution in [0.15, 0.2) is 51.8 Å².